The number of carbonyl (C=O) groups is 1. The van der Waals surface area contributed by atoms with Crippen molar-refractivity contribution in [2.24, 2.45) is 0 Å². The highest BCUT2D eigenvalue weighted by molar-refractivity contribution is 5.76. The monoisotopic (exact) mass is 1620 g/mol. The molecule has 3 fully saturated rings. The number of nitrogens with one attached hydrogen (secondary N) is 1. The molecule has 17 atom stereocenters. The molecule has 658 valence electrons. The first-order valence-corrected chi connectivity index (χ1v) is 45.2. The molecule has 0 aromatic heterocycles. The van der Waals surface area contributed by atoms with Crippen molar-refractivity contribution >= 4 is 5.91 Å². The van der Waals surface area contributed by atoms with E-state index in [9.17, 15) is 61.0 Å². The van der Waals surface area contributed by atoms with E-state index in [1.807, 2.05) is 6.08 Å². The molecule has 1 amide bonds. The fourth-order valence-electron chi connectivity index (χ4n) is 14.1. The molecular weight excluding hydrogens is 1460 g/mol. The molecule has 17 unspecified atom stereocenters. The maximum Gasteiger partial charge on any atom is 0.220 e. The van der Waals surface area contributed by atoms with Gasteiger partial charge in [0.15, 0.2) is 18.9 Å². The van der Waals surface area contributed by atoms with Crippen molar-refractivity contribution in [2.45, 2.75) is 413 Å². The van der Waals surface area contributed by atoms with Gasteiger partial charge in [0.05, 0.1) is 38.6 Å². The Bertz CT molecular complexity index is 2700. The minimum atomic E-state index is -1.99. The third kappa shape index (κ3) is 51.6. The first-order chi connectivity index (χ1) is 56.3. The first-order valence-electron chi connectivity index (χ1n) is 45.2. The van der Waals surface area contributed by atoms with Crippen LogP contribution in [-0.4, -0.2) is 193 Å². The second-order valence-corrected chi connectivity index (χ2v) is 31.3. The third-order valence-electron chi connectivity index (χ3n) is 21.3. The molecule has 0 aliphatic carbocycles. The SMILES string of the molecule is CC/C=C\C/C=C\C/C=C\C/C=C\C/C=C\C/C=C\C/C=C\C/C=C\C/C=C\C/C=C\CCCCCCCCCCCCC(=O)NC(COC1OC(CO)C(OC2OC(CO)C(OC3OC(CO)C(O)C(O)C3O)C(O)C2O)C(O)C1O)C(O)/C=C/CC/C=C/CC/C=C/CCCCCCCCCCCCCCCCCCCCC. The maximum absolute atomic E-state index is 13.5. The summed E-state index contributed by atoms with van der Waals surface area (Å²) in [6.45, 7) is 1.61. The quantitative estimate of drug-likeness (QED) is 0.0199. The van der Waals surface area contributed by atoms with E-state index < -0.39 is 124 Å². The first kappa shape index (κ1) is 105. The van der Waals surface area contributed by atoms with Gasteiger partial charge in [-0.05, 0) is 122 Å². The summed E-state index contributed by atoms with van der Waals surface area (Å²) < 4.78 is 34.5. The molecule has 3 aliphatic heterocycles. The summed E-state index contributed by atoms with van der Waals surface area (Å²) in [5, 5.41) is 121. The zero-order valence-electron chi connectivity index (χ0n) is 71.0. The van der Waals surface area contributed by atoms with Gasteiger partial charge in [-0.15, -0.1) is 0 Å². The second kappa shape index (κ2) is 73.3. The summed E-state index contributed by atoms with van der Waals surface area (Å²) in [7, 11) is 0. The lowest BCUT2D eigenvalue weighted by Crippen LogP contribution is -2.66. The number of aliphatic hydroxyl groups is 11. The van der Waals surface area contributed by atoms with Crippen molar-refractivity contribution in [3.63, 3.8) is 0 Å². The van der Waals surface area contributed by atoms with Crippen LogP contribution >= 0.6 is 0 Å². The Labute approximate surface area is 695 Å². The van der Waals surface area contributed by atoms with E-state index in [1.165, 1.54) is 154 Å². The Balaban J connectivity index is 1.35. The number of hydrogen-bond acceptors (Lipinski definition) is 18. The lowest BCUT2D eigenvalue weighted by molar-refractivity contribution is -0.379. The topological polar surface area (TPSA) is 307 Å². The standard InChI is InChI=1S/C96H161NO18/c1-3-5-7-9-11-13-15-17-19-21-23-25-27-29-31-33-34-35-36-37-38-39-40-41-42-43-44-46-48-50-52-54-56-58-60-62-64-66-68-70-72-74-84(102)97-79(80(101)73-71-69-67-65-63-61-59-57-55-53-51-49-47-45-32-30-28-26-24-22-20-18-16-14-12-10-8-6-4-2)78-110-94-90(108)87(105)92(82(76-99)112-94)115-96-91(109)88(106)93(83(77-100)113-96)114-95-89(107)86(104)85(103)81(75-98)111-95/h5,7,11,13,17,19,23,25,29,31,34-35,37-38,40-41,43-44,48,50,55,57,63,65,71,73,79-83,85-96,98-101,103-109H,3-4,6,8-10,12,14-16,18,20-22,24,26-28,30,32-33,36,39,42,45-47,49,51-54,56,58-62,64,66-70,72,74-78H2,1-2H3,(H,97,102)/b7-5-,13-11-,19-17-,25-23-,31-29-,35-34-,38-37-,41-40-,44-43-,50-48-,57-55+,65-63+,73-71+. The molecule has 19 heteroatoms. The largest absolute Gasteiger partial charge is 0.394 e. The molecule has 3 heterocycles. The van der Waals surface area contributed by atoms with Crippen LogP contribution in [0.2, 0.25) is 0 Å². The van der Waals surface area contributed by atoms with Gasteiger partial charge in [0.1, 0.15) is 73.2 Å². The summed E-state index contributed by atoms with van der Waals surface area (Å²) in [6.07, 6.45) is 82.4. The van der Waals surface area contributed by atoms with Crippen LogP contribution in [0.25, 0.3) is 0 Å². The lowest BCUT2D eigenvalue weighted by Gasteiger charge is -2.48. The highest BCUT2D eigenvalue weighted by Gasteiger charge is 2.54. The Morgan fingerprint density at radius 3 is 0.974 bits per heavy atom. The summed E-state index contributed by atoms with van der Waals surface area (Å²) >= 11 is 0. The van der Waals surface area contributed by atoms with E-state index in [0.717, 1.165) is 122 Å². The molecule has 19 nitrogen and oxygen atoms in total. The molecule has 0 aromatic rings. The molecule has 3 rings (SSSR count). The van der Waals surface area contributed by atoms with Crippen LogP contribution in [0.1, 0.15) is 309 Å². The summed E-state index contributed by atoms with van der Waals surface area (Å²) in [4.78, 5) is 13.5. The van der Waals surface area contributed by atoms with Crippen molar-refractivity contribution < 1.29 is 89.4 Å². The van der Waals surface area contributed by atoms with Crippen LogP contribution in [0, 0.1) is 0 Å². The average Bonchev–Trinajstić information content (AvgIpc) is 0.778. The predicted octanol–water partition coefficient (Wildman–Crippen LogP) is 17.5. The van der Waals surface area contributed by atoms with Gasteiger partial charge in [-0.2, -0.15) is 0 Å². The van der Waals surface area contributed by atoms with Gasteiger partial charge in [-0.25, -0.2) is 0 Å². The summed E-state index contributed by atoms with van der Waals surface area (Å²) in [5.74, 6) is -0.298. The van der Waals surface area contributed by atoms with Crippen molar-refractivity contribution in [3.05, 3.63) is 158 Å². The normalized spacial score (nSPS) is 25.4. The third-order valence-corrected chi connectivity index (χ3v) is 21.3. The van der Waals surface area contributed by atoms with Gasteiger partial charge < -0.3 is 89.9 Å². The maximum atomic E-state index is 13.5. The number of allylic oxidation sites excluding steroid dienone is 25. The Hall–Kier alpha value is -4.59. The molecule has 115 heavy (non-hydrogen) atoms. The summed E-state index contributed by atoms with van der Waals surface area (Å²) in [6, 6.07) is -1.01. The van der Waals surface area contributed by atoms with E-state index >= 15 is 0 Å². The minimum absolute atomic E-state index is 0.217. The molecular formula is C96H161NO18. The van der Waals surface area contributed by atoms with Gasteiger partial charge in [0.25, 0.3) is 0 Å². The van der Waals surface area contributed by atoms with Gasteiger partial charge >= 0.3 is 0 Å². The van der Waals surface area contributed by atoms with E-state index in [4.69, 9.17) is 28.4 Å². The number of hydrogen-bond donors (Lipinski definition) is 12. The average molecular weight is 1620 g/mol. The molecule has 0 bridgehead atoms. The van der Waals surface area contributed by atoms with Crippen LogP contribution in [0.4, 0.5) is 0 Å². The number of amides is 1. The van der Waals surface area contributed by atoms with Crippen molar-refractivity contribution in [1.82, 2.24) is 5.32 Å². The van der Waals surface area contributed by atoms with Crippen molar-refractivity contribution in [2.75, 3.05) is 26.4 Å². The Kier molecular flexibility index (Phi) is 66.7. The smallest absolute Gasteiger partial charge is 0.220 e. The molecule has 12 N–H and O–H groups in total. The number of carbonyl (C=O) groups excluding carboxylic acids is 1. The molecule has 0 aromatic carbocycles. The molecule has 0 saturated carbocycles. The highest BCUT2D eigenvalue weighted by Crippen LogP contribution is 2.33. The lowest BCUT2D eigenvalue weighted by atomic mass is 9.96. The molecule has 0 radical (unpaired) electrons. The van der Waals surface area contributed by atoms with Crippen LogP contribution in [0.15, 0.2) is 158 Å². The van der Waals surface area contributed by atoms with Gasteiger partial charge in [0.2, 0.25) is 5.91 Å². The fourth-order valence-corrected chi connectivity index (χ4v) is 14.1. The van der Waals surface area contributed by atoms with Gasteiger partial charge in [0, 0.05) is 6.42 Å². The Morgan fingerprint density at radius 2 is 0.609 bits per heavy atom. The number of unbranched alkanes of at least 4 members (excludes halogenated alkanes) is 31. The molecule has 0 spiro atoms. The van der Waals surface area contributed by atoms with Crippen LogP contribution in [-0.2, 0) is 33.2 Å². The fraction of sp³-hybridized carbons (Fsp3) is 0.719. The predicted molar refractivity (Wildman–Crippen MR) is 465 cm³/mol. The van der Waals surface area contributed by atoms with E-state index in [1.54, 1.807) is 6.08 Å². The van der Waals surface area contributed by atoms with Crippen molar-refractivity contribution in [3.8, 4) is 0 Å². The summed E-state index contributed by atoms with van der Waals surface area (Å²) in [5.41, 5.74) is 0. The zero-order chi connectivity index (χ0) is 83.1. The molecule has 3 aliphatic rings. The van der Waals surface area contributed by atoms with E-state index in [0.29, 0.717) is 12.8 Å². The zero-order valence-corrected chi connectivity index (χ0v) is 71.0. The van der Waals surface area contributed by atoms with E-state index in [-0.39, 0.29) is 18.9 Å². The van der Waals surface area contributed by atoms with Crippen molar-refractivity contribution in [1.29, 1.82) is 0 Å². The van der Waals surface area contributed by atoms with Gasteiger partial charge in [-0.1, -0.05) is 339 Å². The van der Waals surface area contributed by atoms with E-state index in [2.05, 4.69) is 165 Å². The highest BCUT2D eigenvalue weighted by atomic mass is 16.8. The number of ether oxygens (including phenoxy) is 6. The Morgan fingerprint density at radius 1 is 0.322 bits per heavy atom. The van der Waals surface area contributed by atoms with Gasteiger partial charge in [-0.3, -0.25) is 4.79 Å². The van der Waals surface area contributed by atoms with Crippen LogP contribution in [0.3, 0.4) is 0 Å². The minimum Gasteiger partial charge on any atom is -0.394 e. The molecule has 3 saturated heterocycles. The van der Waals surface area contributed by atoms with Crippen LogP contribution in [0.5, 0.6) is 0 Å². The second-order valence-electron chi connectivity index (χ2n) is 31.3. The number of aliphatic hydroxyl groups excluding tert-OH is 11. The number of rotatable bonds is 71. The van der Waals surface area contributed by atoms with Crippen LogP contribution < -0.4 is 5.32 Å².